The number of aromatic nitrogens is 1. The van der Waals surface area contributed by atoms with Gasteiger partial charge in [-0.1, -0.05) is 12.1 Å². The van der Waals surface area contributed by atoms with Crippen molar-refractivity contribution in [3.05, 3.63) is 47.6 Å². The largest absolute Gasteiger partial charge is 0.255 e. The van der Waals surface area contributed by atoms with Crippen molar-refractivity contribution >= 4 is 28.0 Å². The summed E-state index contributed by atoms with van der Waals surface area (Å²) in [4.78, 5) is 7.15. The second-order valence-corrected chi connectivity index (χ2v) is 5.70. The molecule has 0 fully saturated rings. The van der Waals surface area contributed by atoms with E-state index in [9.17, 15) is 0 Å². The molecule has 0 saturated carbocycles. The van der Waals surface area contributed by atoms with Crippen LogP contribution in [-0.2, 0) is 0 Å². The van der Waals surface area contributed by atoms with E-state index in [1.807, 2.05) is 18.0 Å². The van der Waals surface area contributed by atoms with Gasteiger partial charge in [0.25, 0.3) is 0 Å². The van der Waals surface area contributed by atoms with Crippen LogP contribution in [0.3, 0.4) is 0 Å². The maximum atomic E-state index is 4.53. The van der Waals surface area contributed by atoms with Crippen molar-refractivity contribution in [3.63, 3.8) is 0 Å². The summed E-state index contributed by atoms with van der Waals surface area (Å²) < 4.78 is 0. The topological polar surface area (TPSA) is 12.9 Å². The summed E-state index contributed by atoms with van der Waals surface area (Å²) in [5.41, 5.74) is 2.32. The third-order valence-electron chi connectivity index (χ3n) is 2.53. The van der Waals surface area contributed by atoms with Crippen LogP contribution in [-0.4, -0.2) is 10.7 Å². The molecule has 0 spiro atoms. The Morgan fingerprint density at radius 1 is 1.19 bits per heavy atom. The fourth-order valence-corrected chi connectivity index (χ4v) is 3.40. The van der Waals surface area contributed by atoms with Crippen LogP contribution in [0.1, 0.15) is 12.1 Å². The minimum Gasteiger partial charge on any atom is -0.255 e. The van der Waals surface area contributed by atoms with Crippen LogP contribution in [0.2, 0.25) is 0 Å². The predicted octanol–water partition coefficient (Wildman–Crippen LogP) is 4.29. The van der Waals surface area contributed by atoms with Crippen molar-refractivity contribution in [2.75, 3.05) is 5.75 Å². The standard InChI is InChI=1S/C13H11NS2/c1-3-12(15-7-1)10-5-6-11(14-9-10)13-4-2-8-16-13/h1,3-7,9H,2,8H2. The van der Waals surface area contributed by atoms with Crippen molar-refractivity contribution in [1.82, 2.24) is 4.98 Å². The molecular weight excluding hydrogens is 234 g/mol. The zero-order valence-corrected chi connectivity index (χ0v) is 10.4. The molecule has 2 aromatic rings. The van der Waals surface area contributed by atoms with E-state index in [1.165, 1.54) is 27.5 Å². The molecule has 3 heterocycles. The average Bonchev–Trinajstić information content (AvgIpc) is 3.03. The predicted molar refractivity (Wildman–Crippen MR) is 72.6 cm³/mol. The summed E-state index contributed by atoms with van der Waals surface area (Å²) in [6.45, 7) is 0. The number of rotatable bonds is 2. The van der Waals surface area contributed by atoms with Crippen LogP contribution < -0.4 is 0 Å². The maximum Gasteiger partial charge on any atom is 0.0762 e. The van der Waals surface area contributed by atoms with Gasteiger partial charge in [0.1, 0.15) is 0 Å². The van der Waals surface area contributed by atoms with Crippen LogP contribution in [0, 0.1) is 0 Å². The van der Waals surface area contributed by atoms with Crippen LogP contribution in [0.15, 0.2) is 41.9 Å². The first kappa shape index (κ1) is 10.1. The smallest absolute Gasteiger partial charge is 0.0762 e. The molecule has 0 bridgehead atoms. The summed E-state index contributed by atoms with van der Waals surface area (Å²) in [5.74, 6) is 1.20. The molecular formula is C13H11NS2. The average molecular weight is 245 g/mol. The van der Waals surface area contributed by atoms with E-state index in [-0.39, 0.29) is 0 Å². The number of nitrogens with zero attached hydrogens (tertiary/aromatic N) is 1. The highest BCUT2D eigenvalue weighted by molar-refractivity contribution is 8.08. The van der Waals surface area contributed by atoms with Gasteiger partial charge in [-0.05, 0) is 30.0 Å². The molecule has 0 saturated heterocycles. The molecule has 3 heteroatoms. The number of thioether (sulfide) groups is 1. The van der Waals surface area contributed by atoms with Crippen LogP contribution in [0.25, 0.3) is 15.3 Å². The lowest BCUT2D eigenvalue weighted by molar-refractivity contribution is 1.26. The van der Waals surface area contributed by atoms with Crippen molar-refractivity contribution in [1.29, 1.82) is 0 Å². The SMILES string of the molecule is C1=C(c2ccc(-c3cccs3)cn2)SCC1. The van der Waals surface area contributed by atoms with Gasteiger partial charge in [-0.15, -0.1) is 23.1 Å². The molecule has 2 aromatic heterocycles. The summed E-state index contributed by atoms with van der Waals surface area (Å²) in [5, 5.41) is 2.10. The first-order chi connectivity index (χ1) is 7.93. The number of pyridine rings is 1. The molecule has 1 nitrogen and oxygen atoms in total. The van der Waals surface area contributed by atoms with Gasteiger partial charge in [0.2, 0.25) is 0 Å². The fraction of sp³-hybridized carbons (Fsp3) is 0.154. The summed E-state index contributed by atoms with van der Waals surface area (Å²) in [7, 11) is 0. The van der Waals surface area contributed by atoms with E-state index in [0.29, 0.717) is 0 Å². The van der Waals surface area contributed by atoms with Gasteiger partial charge in [-0.3, -0.25) is 4.98 Å². The fourth-order valence-electron chi connectivity index (χ4n) is 1.72. The van der Waals surface area contributed by atoms with Gasteiger partial charge in [0, 0.05) is 27.3 Å². The Hall–Kier alpha value is -1.06. The summed E-state index contributed by atoms with van der Waals surface area (Å²) in [6, 6.07) is 8.49. The minimum absolute atomic E-state index is 1.11. The Balaban J connectivity index is 1.90. The van der Waals surface area contributed by atoms with Crippen molar-refractivity contribution in [2.24, 2.45) is 0 Å². The molecule has 0 N–H and O–H groups in total. The van der Waals surface area contributed by atoms with E-state index in [2.05, 4.69) is 40.7 Å². The number of thiophene rings is 1. The molecule has 1 aliphatic heterocycles. The van der Waals surface area contributed by atoms with E-state index in [4.69, 9.17) is 0 Å². The van der Waals surface area contributed by atoms with E-state index in [1.54, 1.807) is 11.3 Å². The van der Waals surface area contributed by atoms with Crippen LogP contribution >= 0.6 is 23.1 Å². The van der Waals surface area contributed by atoms with Crippen LogP contribution in [0.4, 0.5) is 0 Å². The molecule has 3 rings (SSSR count). The lowest BCUT2D eigenvalue weighted by Gasteiger charge is -2.02. The Morgan fingerprint density at radius 3 is 2.81 bits per heavy atom. The van der Waals surface area contributed by atoms with Gasteiger partial charge in [-0.2, -0.15) is 0 Å². The Morgan fingerprint density at radius 2 is 2.19 bits per heavy atom. The van der Waals surface area contributed by atoms with Crippen LogP contribution in [0.5, 0.6) is 0 Å². The highest BCUT2D eigenvalue weighted by Gasteiger charge is 2.09. The maximum absolute atomic E-state index is 4.53. The van der Waals surface area contributed by atoms with Gasteiger partial charge in [0.15, 0.2) is 0 Å². The second-order valence-electron chi connectivity index (χ2n) is 3.61. The zero-order chi connectivity index (χ0) is 10.8. The first-order valence-electron chi connectivity index (χ1n) is 5.27. The molecule has 0 radical (unpaired) electrons. The van der Waals surface area contributed by atoms with E-state index >= 15 is 0 Å². The molecule has 0 atom stereocenters. The molecule has 0 amide bonds. The third kappa shape index (κ3) is 1.93. The molecule has 0 aliphatic carbocycles. The molecule has 0 unspecified atom stereocenters. The van der Waals surface area contributed by atoms with E-state index in [0.717, 1.165) is 5.69 Å². The number of hydrogen-bond acceptors (Lipinski definition) is 3. The molecule has 1 aliphatic rings. The first-order valence-corrected chi connectivity index (χ1v) is 7.13. The van der Waals surface area contributed by atoms with Gasteiger partial charge in [0.05, 0.1) is 5.69 Å². The van der Waals surface area contributed by atoms with Crippen molar-refractivity contribution < 1.29 is 0 Å². The number of hydrogen-bond donors (Lipinski definition) is 0. The second kappa shape index (κ2) is 4.44. The van der Waals surface area contributed by atoms with Gasteiger partial charge in [-0.25, -0.2) is 0 Å². The highest BCUT2D eigenvalue weighted by atomic mass is 32.2. The van der Waals surface area contributed by atoms with Gasteiger partial charge >= 0.3 is 0 Å². The molecule has 80 valence electrons. The van der Waals surface area contributed by atoms with Gasteiger partial charge < -0.3 is 0 Å². The Bertz CT molecular complexity index is 497. The van der Waals surface area contributed by atoms with Crippen molar-refractivity contribution in [3.8, 4) is 10.4 Å². The molecule has 16 heavy (non-hydrogen) atoms. The quantitative estimate of drug-likeness (QED) is 0.783. The monoisotopic (exact) mass is 245 g/mol. The normalized spacial score (nSPS) is 15.1. The minimum atomic E-state index is 1.11. The van der Waals surface area contributed by atoms with E-state index < -0.39 is 0 Å². The summed E-state index contributed by atoms with van der Waals surface area (Å²) >= 11 is 3.65. The zero-order valence-electron chi connectivity index (χ0n) is 8.72. The van der Waals surface area contributed by atoms with Crippen molar-refractivity contribution in [2.45, 2.75) is 6.42 Å². The Kier molecular flexibility index (Phi) is 2.80. The highest BCUT2D eigenvalue weighted by Crippen LogP contribution is 2.33. The lowest BCUT2D eigenvalue weighted by Crippen LogP contribution is -1.84. The number of allylic oxidation sites excluding steroid dienone is 1. The third-order valence-corrected chi connectivity index (χ3v) is 4.57. The lowest BCUT2D eigenvalue weighted by atomic mass is 10.2. The molecule has 0 aromatic carbocycles. The Labute approximate surface area is 103 Å². The summed E-state index contributed by atoms with van der Waals surface area (Å²) in [6.07, 6.45) is 5.42.